The van der Waals surface area contributed by atoms with E-state index in [2.05, 4.69) is 20.5 Å². The van der Waals surface area contributed by atoms with E-state index in [1.54, 1.807) is 24.3 Å². The molecule has 1 amide bonds. The minimum absolute atomic E-state index is 0.188. The number of nitrogens with zero attached hydrogens (tertiary/aromatic N) is 4. The van der Waals surface area contributed by atoms with Crippen LogP contribution in [0.5, 0.6) is 0 Å². The highest BCUT2D eigenvalue weighted by Crippen LogP contribution is 2.13. The molecule has 2 rings (SSSR count). The zero-order chi connectivity index (χ0) is 16.7. The molecule has 0 atom stereocenters. The number of hydrogen-bond donors (Lipinski definition) is 1. The maximum Gasteiger partial charge on any atom is 0.250 e. The molecule has 0 radical (unpaired) electrons. The van der Waals surface area contributed by atoms with E-state index in [4.69, 9.17) is 5.26 Å². The molecule has 0 aliphatic rings. The summed E-state index contributed by atoms with van der Waals surface area (Å²) in [7, 11) is 0. The highest BCUT2D eigenvalue weighted by molar-refractivity contribution is 7.99. The van der Waals surface area contributed by atoms with Gasteiger partial charge in [0, 0.05) is 11.4 Å². The van der Waals surface area contributed by atoms with E-state index in [0.717, 1.165) is 17.0 Å². The largest absolute Gasteiger partial charge is 0.272 e. The van der Waals surface area contributed by atoms with Crippen molar-refractivity contribution in [2.24, 2.45) is 5.10 Å². The third-order valence-corrected chi connectivity index (χ3v) is 3.58. The molecule has 0 bridgehead atoms. The number of aromatic nitrogens is 2. The number of nitrogens with one attached hydrogen (secondary N) is 1. The molecule has 6 nitrogen and oxygen atoms in total. The lowest BCUT2D eigenvalue weighted by atomic mass is 10.2. The van der Waals surface area contributed by atoms with Crippen LogP contribution in [0.2, 0.25) is 0 Å². The highest BCUT2D eigenvalue weighted by atomic mass is 32.2. The Morgan fingerprint density at radius 3 is 2.57 bits per heavy atom. The van der Waals surface area contributed by atoms with Crippen LogP contribution < -0.4 is 5.43 Å². The Morgan fingerprint density at radius 1 is 1.30 bits per heavy atom. The van der Waals surface area contributed by atoms with Crippen LogP contribution >= 0.6 is 11.8 Å². The van der Waals surface area contributed by atoms with Crippen molar-refractivity contribution in [2.75, 3.05) is 5.75 Å². The van der Waals surface area contributed by atoms with Gasteiger partial charge in [0.15, 0.2) is 5.16 Å². The SMILES string of the molecule is Cc1cc(C)nc(SCC(=O)N/N=C\c2ccc(C#N)cc2)n1. The molecular formula is C16H15N5OS. The van der Waals surface area contributed by atoms with Crippen LogP contribution in [0.25, 0.3) is 0 Å². The molecule has 23 heavy (non-hydrogen) atoms. The predicted octanol–water partition coefficient (Wildman–Crippen LogP) is 2.21. The van der Waals surface area contributed by atoms with Crippen molar-refractivity contribution in [3.05, 3.63) is 52.8 Å². The topological polar surface area (TPSA) is 91.0 Å². The van der Waals surface area contributed by atoms with Crippen LogP contribution in [-0.2, 0) is 4.79 Å². The van der Waals surface area contributed by atoms with E-state index >= 15 is 0 Å². The van der Waals surface area contributed by atoms with Crippen LogP contribution in [-0.4, -0.2) is 27.8 Å². The van der Waals surface area contributed by atoms with Crippen molar-refractivity contribution in [3.63, 3.8) is 0 Å². The van der Waals surface area contributed by atoms with Gasteiger partial charge >= 0.3 is 0 Å². The molecule has 1 aromatic heterocycles. The lowest BCUT2D eigenvalue weighted by Crippen LogP contribution is -2.19. The van der Waals surface area contributed by atoms with Crippen LogP contribution in [0, 0.1) is 25.2 Å². The molecule has 0 aliphatic carbocycles. The Kier molecular flexibility index (Phi) is 5.83. The maximum absolute atomic E-state index is 11.7. The Labute approximate surface area is 138 Å². The minimum Gasteiger partial charge on any atom is -0.272 e. The zero-order valence-electron chi connectivity index (χ0n) is 12.8. The Morgan fingerprint density at radius 2 is 1.96 bits per heavy atom. The summed E-state index contributed by atoms with van der Waals surface area (Å²) in [4.78, 5) is 20.2. The number of amides is 1. The quantitative estimate of drug-likeness (QED) is 0.394. The summed E-state index contributed by atoms with van der Waals surface area (Å²) < 4.78 is 0. The first kappa shape index (κ1) is 16.6. The number of thioether (sulfide) groups is 1. The first-order chi connectivity index (χ1) is 11.1. The predicted molar refractivity (Wildman–Crippen MR) is 89.1 cm³/mol. The van der Waals surface area contributed by atoms with Crippen molar-refractivity contribution < 1.29 is 4.79 Å². The van der Waals surface area contributed by atoms with Gasteiger partial charge in [-0.05, 0) is 37.6 Å². The van der Waals surface area contributed by atoms with Gasteiger partial charge in [0.1, 0.15) is 0 Å². The summed E-state index contributed by atoms with van der Waals surface area (Å²) in [6.07, 6.45) is 1.52. The van der Waals surface area contributed by atoms with Crippen molar-refractivity contribution in [3.8, 4) is 6.07 Å². The Hall–Kier alpha value is -2.72. The summed E-state index contributed by atoms with van der Waals surface area (Å²) in [5, 5.41) is 13.2. The molecule has 1 heterocycles. The molecule has 0 unspecified atom stereocenters. The summed E-state index contributed by atoms with van der Waals surface area (Å²) in [6, 6.07) is 10.8. The number of carbonyl (C=O) groups is 1. The average molecular weight is 325 g/mol. The fourth-order valence-electron chi connectivity index (χ4n) is 1.74. The first-order valence-electron chi connectivity index (χ1n) is 6.84. The second-order valence-corrected chi connectivity index (χ2v) is 5.69. The van der Waals surface area contributed by atoms with Crippen LogP contribution in [0.15, 0.2) is 40.6 Å². The third kappa shape index (κ3) is 5.52. The monoisotopic (exact) mass is 325 g/mol. The zero-order valence-corrected chi connectivity index (χ0v) is 13.6. The maximum atomic E-state index is 11.7. The molecular weight excluding hydrogens is 310 g/mol. The number of nitriles is 1. The fraction of sp³-hybridized carbons (Fsp3) is 0.188. The van der Waals surface area contributed by atoms with Crippen LogP contribution in [0.3, 0.4) is 0 Å². The third-order valence-electron chi connectivity index (χ3n) is 2.74. The first-order valence-corrected chi connectivity index (χ1v) is 7.82. The number of hydrogen-bond acceptors (Lipinski definition) is 6. The molecule has 2 aromatic rings. The second-order valence-electron chi connectivity index (χ2n) is 4.75. The van der Waals surface area contributed by atoms with Gasteiger partial charge < -0.3 is 0 Å². The Bertz CT molecular complexity index is 745. The van der Waals surface area contributed by atoms with Gasteiger partial charge in [-0.2, -0.15) is 10.4 Å². The van der Waals surface area contributed by atoms with E-state index in [0.29, 0.717) is 10.7 Å². The molecule has 1 aromatic carbocycles. The van der Waals surface area contributed by atoms with Gasteiger partial charge in [-0.15, -0.1) is 0 Å². The van der Waals surface area contributed by atoms with Gasteiger partial charge in [-0.1, -0.05) is 23.9 Å². The van der Waals surface area contributed by atoms with E-state index < -0.39 is 0 Å². The van der Waals surface area contributed by atoms with Crippen molar-refractivity contribution >= 4 is 23.9 Å². The second kappa shape index (κ2) is 8.06. The summed E-state index contributed by atoms with van der Waals surface area (Å²) in [5.74, 6) is -0.0456. The van der Waals surface area contributed by atoms with Gasteiger partial charge in [0.25, 0.3) is 5.91 Å². The fourth-order valence-corrected chi connectivity index (χ4v) is 2.48. The van der Waals surface area contributed by atoms with E-state index in [1.165, 1.54) is 18.0 Å². The minimum atomic E-state index is -0.234. The number of carbonyl (C=O) groups excluding carboxylic acids is 1. The molecule has 0 spiro atoms. The number of aryl methyl sites for hydroxylation is 2. The Balaban J connectivity index is 1.82. The molecule has 0 fully saturated rings. The smallest absolute Gasteiger partial charge is 0.250 e. The summed E-state index contributed by atoms with van der Waals surface area (Å²) >= 11 is 1.26. The van der Waals surface area contributed by atoms with E-state index in [1.807, 2.05) is 26.0 Å². The van der Waals surface area contributed by atoms with Gasteiger partial charge in [0.2, 0.25) is 0 Å². The van der Waals surface area contributed by atoms with Crippen LogP contribution in [0.4, 0.5) is 0 Å². The summed E-state index contributed by atoms with van der Waals surface area (Å²) in [6.45, 7) is 3.78. The average Bonchev–Trinajstić information content (AvgIpc) is 2.53. The van der Waals surface area contributed by atoms with E-state index in [9.17, 15) is 4.79 Å². The highest BCUT2D eigenvalue weighted by Gasteiger charge is 2.05. The summed E-state index contributed by atoms with van der Waals surface area (Å²) in [5.41, 5.74) is 5.58. The molecule has 7 heteroatoms. The van der Waals surface area contributed by atoms with Crippen molar-refractivity contribution in [1.29, 1.82) is 5.26 Å². The van der Waals surface area contributed by atoms with Crippen molar-refractivity contribution in [2.45, 2.75) is 19.0 Å². The number of hydrazone groups is 1. The van der Waals surface area contributed by atoms with Crippen LogP contribution in [0.1, 0.15) is 22.5 Å². The molecule has 0 saturated carbocycles. The van der Waals surface area contributed by atoms with Gasteiger partial charge in [-0.3, -0.25) is 4.79 Å². The lowest BCUT2D eigenvalue weighted by molar-refractivity contribution is -0.118. The lowest BCUT2D eigenvalue weighted by Gasteiger charge is -2.02. The number of rotatable bonds is 5. The molecule has 116 valence electrons. The molecule has 0 aliphatic heterocycles. The van der Waals surface area contributed by atoms with Gasteiger partial charge in [-0.25, -0.2) is 15.4 Å². The number of benzene rings is 1. The van der Waals surface area contributed by atoms with Crippen molar-refractivity contribution in [1.82, 2.24) is 15.4 Å². The molecule has 0 saturated heterocycles. The van der Waals surface area contributed by atoms with E-state index in [-0.39, 0.29) is 11.7 Å². The standard InChI is InChI=1S/C16H15N5OS/c1-11-7-12(2)20-16(19-11)23-10-15(22)21-18-9-14-5-3-13(8-17)4-6-14/h3-7,9H,10H2,1-2H3,(H,21,22)/b18-9-. The normalized spacial score (nSPS) is 10.5. The molecule has 1 N–H and O–H groups in total. The van der Waals surface area contributed by atoms with Gasteiger partial charge in [0.05, 0.1) is 23.6 Å².